The first kappa shape index (κ1) is 15.3. The highest BCUT2D eigenvalue weighted by molar-refractivity contribution is 6.35. The molecule has 2 atom stereocenters. The van der Waals surface area contributed by atoms with Crippen molar-refractivity contribution in [3.05, 3.63) is 0 Å². The Morgan fingerprint density at radius 1 is 0.800 bits per heavy atom. The Balaban J connectivity index is 1.75. The molecule has 0 aromatic rings. The topological polar surface area (TPSA) is 58.2 Å². The van der Waals surface area contributed by atoms with E-state index in [1.807, 2.05) is 0 Å². The van der Waals surface area contributed by atoms with E-state index in [2.05, 4.69) is 24.5 Å². The van der Waals surface area contributed by atoms with Gasteiger partial charge in [-0.15, -0.1) is 0 Å². The molecule has 2 amide bonds. The number of rotatable bonds is 2. The highest BCUT2D eigenvalue weighted by atomic mass is 16.2. The molecule has 2 N–H and O–H groups in total. The van der Waals surface area contributed by atoms with Gasteiger partial charge in [0.15, 0.2) is 0 Å². The molecular formula is C16H28N2O2. The number of nitrogens with one attached hydrogen (secondary N) is 2. The van der Waals surface area contributed by atoms with E-state index in [-0.39, 0.29) is 12.1 Å². The fourth-order valence-corrected chi connectivity index (χ4v) is 3.42. The molecule has 0 aromatic heterocycles. The molecule has 0 bridgehead atoms. The van der Waals surface area contributed by atoms with Crippen molar-refractivity contribution in [2.75, 3.05) is 0 Å². The molecule has 2 aliphatic rings. The van der Waals surface area contributed by atoms with Crippen LogP contribution in [0, 0.1) is 11.8 Å². The molecule has 114 valence electrons. The van der Waals surface area contributed by atoms with Gasteiger partial charge in [-0.05, 0) is 50.4 Å². The first-order valence-electron chi connectivity index (χ1n) is 8.17. The molecule has 0 aliphatic heterocycles. The van der Waals surface area contributed by atoms with E-state index in [4.69, 9.17) is 0 Å². The van der Waals surface area contributed by atoms with Crippen molar-refractivity contribution in [3.8, 4) is 0 Å². The Kier molecular flexibility index (Phi) is 5.44. The van der Waals surface area contributed by atoms with Gasteiger partial charge in [-0.1, -0.05) is 26.7 Å². The standard InChI is InChI=1S/C16H28N2O2/c1-11-7-9-13(10-8-11)17-15(19)16(20)18-14-6-4-3-5-12(14)2/h11-14H,3-10H2,1-2H3,(H,17,19)(H,18,20)/t11?,12-,13?,14+/m0/s1. The van der Waals surface area contributed by atoms with E-state index in [0.717, 1.165) is 50.9 Å². The van der Waals surface area contributed by atoms with Gasteiger partial charge in [-0.3, -0.25) is 9.59 Å². The van der Waals surface area contributed by atoms with Crippen molar-refractivity contribution in [2.45, 2.75) is 77.3 Å². The second-order valence-electron chi connectivity index (χ2n) is 6.77. The molecule has 0 saturated heterocycles. The summed E-state index contributed by atoms with van der Waals surface area (Å²) in [4.78, 5) is 23.9. The SMILES string of the molecule is CC1CCC(NC(=O)C(=O)N[C@@H]2CCCC[C@@H]2C)CC1. The first-order chi connectivity index (χ1) is 9.56. The van der Waals surface area contributed by atoms with Crippen LogP contribution < -0.4 is 10.6 Å². The quantitative estimate of drug-likeness (QED) is 0.763. The zero-order valence-corrected chi connectivity index (χ0v) is 12.8. The third kappa shape index (κ3) is 4.22. The van der Waals surface area contributed by atoms with Gasteiger partial charge in [-0.25, -0.2) is 0 Å². The Labute approximate surface area is 122 Å². The van der Waals surface area contributed by atoms with Crippen LogP contribution in [0.15, 0.2) is 0 Å². The lowest BCUT2D eigenvalue weighted by molar-refractivity contribution is -0.140. The lowest BCUT2D eigenvalue weighted by atomic mass is 9.86. The Hall–Kier alpha value is -1.06. The maximum atomic E-state index is 12.0. The average molecular weight is 280 g/mol. The van der Waals surface area contributed by atoms with Crippen LogP contribution in [0.4, 0.5) is 0 Å². The predicted molar refractivity (Wildman–Crippen MR) is 79.1 cm³/mol. The maximum absolute atomic E-state index is 12.0. The number of hydrogen-bond acceptors (Lipinski definition) is 2. The zero-order valence-electron chi connectivity index (χ0n) is 12.8. The molecule has 2 saturated carbocycles. The van der Waals surface area contributed by atoms with Gasteiger partial charge in [0.05, 0.1) is 0 Å². The van der Waals surface area contributed by atoms with Crippen LogP contribution in [0.3, 0.4) is 0 Å². The fraction of sp³-hybridized carbons (Fsp3) is 0.875. The second-order valence-corrected chi connectivity index (χ2v) is 6.77. The van der Waals surface area contributed by atoms with E-state index >= 15 is 0 Å². The molecule has 0 radical (unpaired) electrons. The van der Waals surface area contributed by atoms with Crippen molar-refractivity contribution >= 4 is 11.8 Å². The number of carbonyl (C=O) groups is 2. The first-order valence-corrected chi connectivity index (χ1v) is 8.17. The molecule has 4 nitrogen and oxygen atoms in total. The van der Waals surface area contributed by atoms with Gasteiger partial charge in [0, 0.05) is 12.1 Å². The monoisotopic (exact) mass is 280 g/mol. The highest BCUT2D eigenvalue weighted by Crippen LogP contribution is 2.24. The minimum atomic E-state index is -0.442. The minimum Gasteiger partial charge on any atom is -0.345 e. The zero-order chi connectivity index (χ0) is 14.5. The molecule has 20 heavy (non-hydrogen) atoms. The summed E-state index contributed by atoms with van der Waals surface area (Å²) in [6.07, 6.45) is 8.82. The molecule has 0 unspecified atom stereocenters. The van der Waals surface area contributed by atoms with Gasteiger partial charge in [0.1, 0.15) is 0 Å². The summed E-state index contributed by atoms with van der Waals surface area (Å²) in [6, 6.07) is 0.363. The molecule has 0 aromatic carbocycles. The second kappa shape index (κ2) is 7.09. The van der Waals surface area contributed by atoms with Crippen LogP contribution in [0.2, 0.25) is 0 Å². The molecule has 2 aliphatic carbocycles. The molecule has 2 rings (SSSR count). The predicted octanol–water partition coefficient (Wildman–Crippen LogP) is 2.38. The van der Waals surface area contributed by atoms with Crippen molar-refractivity contribution in [3.63, 3.8) is 0 Å². The van der Waals surface area contributed by atoms with Crippen LogP contribution in [0.5, 0.6) is 0 Å². The summed E-state index contributed by atoms with van der Waals surface area (Å²) in [6.45, 7) is 4.40. The van der Waals surface area contributed by atoms with Crippen molar-refractivity contribution in [1.29, 1.82) is 0 Å². The Morgan fingerprint density at radius 3 is 2.05 bits per heavy atom. The van der Waals surface area contributed by atoms with Gasteiger partial charge < -0.3 is 10.6 Å². The Morgan fingerprint density at radius 2 is 1.40 bits per heavy atom. The van der Waals surface area contributed by atoms with Crippen molar-refractivity contribution in [2.24, 2.45) is 11.8 Å². The van der Waals surface area contributed by atoms with Crippen molar-refractivity contribution in [1.82, 2.24) is 10.6 Å². The van der Waals surface area contributed by atoms with Gasteiger partial charge in [-0.2, -0.15) is 0 Å². The van der Waals surface area contributed by atoms with Gasteiger partial charge in [0.2, 0.25) is 0 Å². The average Bonchev–Trinajstić information content (AvgIpc) is 2.44. The third-order valence-electron chi connectivity index (χ3n) is 4.99. The highest BCUT2D eigenvalue weighted by Gasteiger charge is 2.27. The summed E-state index contributed by atoms with van der Waals surface area (Å²) < 4.78 is 0. The summed E-state index contributed by atoms with van der Waals surface area (Å²) in [5.41, 5.74) is 0. The lowest BCUT2D eigenvalue weighted by Crippen LogP contribution is -2.50. The molecule has 0 heterocycles. The summed E-state index contributed by atoms with van der Waals surface area (Å²) in [5, 5.41) is 5.81. The van der Waals surface area contributed by atoms with Gasteiger partial charge in [0.25, 0.3) is 0 Å². The van der Waals surface area contributed by atoms with E-state index in [1.165, 1.54) is 6.42 Å². The number of carbonyl (C=O) groups excluding carboxylic acids is 2. The smallest absolute Gasteiger partial charge is 0.309 e. The molecular weight excluding hydrogens is 252 g/mol. The largest absolute Gasteiger partial charge is 0.345 e. The van der Waals surface area contributed by atoms with Crippen LogP contribution in [0.25, 0.3) is 0 Å². The minimum absolute atomic E-state index is 0.174. The summed E-state index contributed by atoms with van der Waals surface area (Å²) in [5.74, 6) is 0.348. The number of hydrogen-bond donors (Lipinski definition) is 2. The van der Waals surface area contributed by atoms with E-state index in [9.17, 15) is 9.59 Å². The maximum Gasteiger partial charge on any atom is 0.309 e. The van der Waals surface area contributed by atoms with E-state index < -0.39 is 11.8 Å². The molecule has 0 spiro atoms. The fourth-order valence-electron chi connectivity index (χ4n) is 3.42. The van der Waals surface area contributed by atoms with Crippen LogP contribution in [0.1, 0.15) is 65.2 Å². The summed E-state index contributed by atoms with van der Waals surface area (Å²) >= 11 is 0. The van der Waals surface area contributed by atoms with Crippen LogP contribution >= 0.6 is 0 Å². The summed E-state index contributed by atoms with van der Waals surface area (Å²) in [7, 11) is 0. The van der Waals surface area contributed by atoms with E-state index in [0.29, 0.717) is 5.92 Å². The van der Waals surface area contributed by atoms with Gasteiger partial charge >= 0.3 is 11.8 Å². The van der Waals surface area contributed by atoms with Crippen molar-refractivity contribution < 1.29 is 9.59 Å². The van der Waals surface area contributed by atoms with E-state index in [1.54, 1.807) is 0 Å². The third-order valence-corrected chi connectivity index (χ3v) is 4.99. The molecule has 2 fully saturated rings. The lowest BCUT2D eigenvalue weighted by Gasteiger charge is -2.30. The normalized spacial score (nSPS) is 34.3. The number of amides is 2. The molecule has 4 heteroatoms. The van der Waals surface area contributed by atoms with Crippen LogP contribution in [-0.4, -0.2) is 23.9 Å². The van der Waals surface area contributed by atoms with Crippen LogP contribution in [-0.2, 0) is 9.59 Å². The Bertz CT molecular complexity index is 348.